The van der Waals surface area contributed by atoms with Crippen molar-refractivity contribution >= 4 is 32.4 Å². The van der Waals surface area contributed by atoms with Gasteiger partial charge in [-0.15, -0.1) is 10.2 Å². The highest BCUT2D eigenvalue weighted by molar-refractivity contribution is 9.11. The Balaban J connectivity index is 2.11. The summed E-state index contributed by atoms with van der Waals surface area (Å²) in [6, 6.07) is 0.426. The van der Waals surface area contributed by atoms with E-state index in [0.717, 1.165) is 22.3 Å². The van der Waals surface area contributed by atoms with E-state index in [9.17, 15) is 0 Å². The lowest BCUT2D eigenvalue weighted by Gasteiger charge is -2.25. The zero-order valence-corrected chi connectivity index (χ0v) is 10.5. The predicted molar refractivity (Wildman–Crippen MR) is 59.8 cm³/mol. The number of aromatic nitrogens is 2. The maximum Gasteiger partial charge on any atom is 0.209 e. The highest BCUT2D eigenvalue weighted by Crippen LogP contribution is 2.28. The van der Waals surface area contributed by atoms with Gasteiger partial charge in [-0.05, 0) is 15.9 Å². The smallest absolute Gasteiger partial charge is 0.209 e. The Kier molecular flexibility index (Phi) is 3.04. The fraction of sp³-hybridized carbons (Fsp3) is 0.750. The van der Waals surface area contributed by atoms with Crippen LogP contribution in [0.5, 0.6) is 0 Å². The molecule has 0 saturated carbocycles. The van der Waals surface area contributed by atoms with E-state index in [0.29, 0.717) is 12.0 Å². The Bertz CT molecular complexity index is 319. The van der Waals surface area contributed by atoms with Crippen LogP contribution in [0.25, 0.3) is 0 Å². The summed E-state index contributed by atoms with van der Waals surface area (Å²) in [6.07, 6.45) is 0. The first-order valence-corrected chi connectivity index (χ1v) is 6.09. The molecule has 1 aromatic rings. The van der Waals surface area contributed by atoms with Gasteiger partial charge in [0.15, 0.2) is 3.92 Å². The summed E-state index contributed by atoms with van der Waals surface area (Å²) >= 11 is 4.86. The molecule has 1 aromatic heterocycles. The zero-order chi connectivity index (χ0) is 10.1. The maximum atomic E-state index is 5.42. The minimum Gasteiger partial charge on any atom is -0.379 e. The molecule has 2 heterocycles. The van der Waals surface area contributed by atoms with Gasteiger partial charge in [-0.1, -0.05) is 18.3 Å². The summed E-state index contributed by atoms with van der Waals surface area (Å²) in [5, 5.41) is 8.97. The molecular weight excluding hydrogens is 266 g/mol. The zero-order valence-electron chi connectivity index (χ0n) is 8.11. The lowest BCUT2D eigenvalue weighted by molar-refractivity contribution is 0.186. The van der Waals surface area contributed by atoms with Gasteiger partial charge in [-0.3, -0.25) is 0 Å². The quantitative estimate of drug-likeness (QED) is 0.826. The minimum absolute atomic E-state index is 0.426. The molecule has 0 N–H and O–H groups in total. The number of likely N-dealkylation sites (N-methyl/N-ethyl adjacent to an activating group) is 1. The molecule has 0 spiro atoms. The minimum atomic E-state index is 0.426. The molecule has 6 heteroatoms. The Morgan fingerprint density at radius 1 is 1.50 bits per heavy atom. The van der Waals surface area contributed by atoms with Crippen molar-refractivity contribution in [3.8, 4) is 0 Å². The lowest BCUT2D eigenvalue weighted by Crippen LogP contribution is -2.36. The van der Waals surface area contributed by atoms with Crippen LogP contribution in [0.2, 0.25) is 0 Å². The Labute approximate surface area is 95.4 Å². The van der Waals surface area contributed by atoms with Crippen LogP contribution < -0.4 is 4.90 Å². The van der Waals surface area contributed by atoms with E-state index < -0.39 is 0 Å². The number of anilines is 1. The third-order valence-electron chi connectivity index (χ3n) is 2.52. The molecule has 1 aliphatic rings. The van der Waals surface area contributed by atoms with Gasteiger partial charge < -0.3 is 9.64 Å². The van der Waals surface area contributed by atoms with Gasteiger partial charge in [0.2, 0.25) is 5.13 Å². The van der Waals surface area contributed by atoms with Crippen molar-refractivity contribution < 1.29 is 4.74 Å². The van der Waals surface area contributed by atoms with Gasteiger partial charge in [-0.2, -0.15) is 0 Å². The molecule has 1 aliphatic heterocycles. The molecule has 78 valence electrons. The number of halogens is 1. The van der Waals surface area contributed by atoms with Crippen LogP contribution in [0.1, 0.15) is 6.92 Å². The molecule has 2 rings (SSSR count). The summed E-state index contributed by atoms with van der Waals surface area (Å²) in [6.45, 7) is 3.83. The molecule has 4 nitrogen and oxygen atoms in total. The molecule has 0 amide bonds. The van der Waals surface area contributed by atoms with Crippen molar-refractivity contribution in [3.63, 3.8) is 0 Å². The first-order valence-electron chi connectivity index (χ1n) is 4.48. The van der Waals surface area contributed by atoms with E-state index in [-0.39, 0.29) is 0 Å². The van der Waals surface area contributed by atoms with Gasteiger partial charge in [0.1, 0.15) is 0 Å². The first-order chi connectivity index (χ1) is 6.68. The molecule has 0 bridgehead atoms. The molecule has 0 aliphatic carbocycles. The molecule has 0 radical (unpaired) electrons. The van der Waals surface area contributed by atoms with Crippen molar-refractivity contribution in [3.05, 3.63) is 3.92 Å². The van der Waals surface area contributed by atoms with E-state index in [4.69, 9.17) is 4.74 Å². The van der Waals surface area contributed by atoms with Crippen molar-refractivity contribution in [2.75, 3.05) is 25.2 Å². The second-order valence-corrected chi connectivity index (χ2v) is 5.76. The third-order valence-corrected chi connectivity index (χ3v) is 3.96. The van der Waals surface area contributed by atoms with Crippen molar-refractivity contribution in [2.45, 2.75) is 13.0 Å². The number of hydrogen-bond acceptors (Lipinski definition) is 5. The SMILES string of the molecule is CC1COCC1N(C)c1nnc(Br)s1. The summed E-state index contributed by atoms with van der Waals surface area (Å²) < 4.78 is 6.25. The molecule has 14 heavy (non-hydrogen) atoms. The van der Waals surface area contributed by atoms with Gasteiger partial charge in [-0.25, -0.2) is 0 Å². The standard InChI is InChI=1S/C8H12BrN3OS/c1-5-3-13-4-6(5)12(2)8-11-10-7(9)14-8/h5-6H,3-4H2,1-2H3. The number of ether oxygens (including phenoxy) is 1. The Hall–Kier alpha value is -0.200. The van der Waals surface area contributed by atoms with Crippen molar-refractivity contribution in [1.29, 1.82) is 0 Å². The molecule has 2 atom stereocenters. The van der Waals surface area contributed by atoms with E-state index in [1.165, 1.54) is 0 Å². The van der Waals surface area contributed by atoms with Gasteiger partial charge in [0.05, 0.1) is 19.3 Å². The van der Waals surface area contributed by atoms with Gasteiger partial charge >= 0.3 is 0 Å². The second kappa shape index (κ2) is 4.12. The molecule has 0 aromatic carbocycles. The van der Waals surface area contributed by atoms with Crippen LogP contribution in [-0.4, -0.2) is 36.5 Å². The predicted octanol–water partition coefficient (Wildman–Crippen LogP) is 1.77. The van der Waals surface area contributed by atoms with Crippen LogP contribution in [0.15, 0.2) is 3.92 Å². The Morgan fingerprint density at radius 3 is 2.79 bits per heavy atom. The molecule has 2 unspecified atom stereocenters. The summed E-state index contributed by atoms with van der Waals surface area (Å²) in [5.74, 6) is 0.558. The lowest BCUT2D eigenvalue weighted by atomic mass is 10.1. The van der Waals surface area contributed by atoms with E-state index in [2.05, 4.69) is 38.0 Å². The highest BCUT2D eigenvalue weighted by Gasteiger charge is 2.29. The van der Waals surface area contributed by atoms with Gasteiger partial charge in [0, 0.05) is 13.0 Å². The average Bonchev–Trinajstić information content (AvgIpc) is 2.73. The monoisotopic (exact) mass is 277 g/mol. The first kappa shape index (κ1) is 10.3. The Morgan fingerprint density at radius 2 is 2.29 bits per heavy atom. The number of rotatable bonds is 2. The van der Waals surface area contributed by atoms with Crippen LogP contribution in [0, 0.1) is 5.92 Å². The van der Waals surface area contributed by atoms with Crippen LogP contribution in [-0.2, 0) is 4.74 Å². The fourth-order valence-electron chi connectivity index (χ4n) is 1.63. The highest BCUT2D eigenvalue weighted by atomic mass is 79.9. The normalized spacial score (nSPS) is 26.8. The van der Waals surface area contributed by atoms with E-state index in [1.54, 1.807) is 11.3 Å². The van der Waals surface area contributed by atoms with E-state index >= 15 is 0 Å². The number of nitrogens with zero attached hydrogens (tertiary/aromatic N) is 3. The van der Waals surface area contributed by atoms with Gasteiger partial charge in [0.25, 0.3) is 0 Å². The van der Waals surface area contributed by atoms with Crippen LogP contribution in [0.4, 0.5) is 5.13 Å². The maximum absolute atomic E-state index is 5.42. The van der Waals surface area contributed by atoms with Crippen LogP contribution in [0.3, 0.4) is 0 Å². The average molecular weight is 278 g/mol. The third kappa shape index (κ3) is 1.92. The van der Waals surface area contributed by atoms with Crippen molar-refractivity contribution in [1.82, 2.24) is 10.2 Å². The largest absolute Gasteiger partial charge is 0.379 e. The summed E-state index contributed by atoms with van der Waals surface area (Å²) in [7, 11) is 2.04. The fourth-order valence-corrected chi connectivity index (χ4v) is 2.73. The summed E-state index contributed by atoms with van der Waals surface area (Å²) in [5.41, 5.74) is 0. The molecule has 1 saturated heterocycles. The van der Waals surface area contributed by atoms with Crippen LogP contribution >= 0.6 is 27.3 Å². The van der Waals surface area contributed by atoms with Crippen molar-refractivity contribution in [2.24, 2.45) is 5.92 Å². The second-order valence-electron chi connectivity index (χ2n) is 3.53. The molecular formula is C8H12BrN3OS. The summed E-state index contributed by atoms with van der Waals surface area (Å²) in [4.78, 5) is 2.15. The van der Waals surface area contributed by atoms with E-state index in [1.807, 2.05) is 7.05 Å². The number of hydrogen-bond donors (Lipinski definition) is 0. The molecule has 1 fully saturated rings. The topological polar surface area (TPSA) is 38.2 Å².